The van der Waals surface area contributed by atoms with Gasteiger partial charge in [-0.2, -0.15) is 0 Å². The van der Waals surface area contributed by atoms with Crippen LogP contribution in [-0.4, -0.2) is 41.2 Å². The SMILES string of the molecule is COc1cc(-c2c(F)ccc(C)c2F)cc2cnc(NC3CCN(c4cccnc4)CC3)nc12. The molecule has 4 aromatic rings. The van der Waals surface area contributed by atoms with Gasteiger partial charge >= 0.3 is 0 Å². The maximum absolute atomic E-state index is 14.7. The first-order chi connectivity index (χ1) is 16.5. The fourth-order valence-electron chi connectivity index (χ4n) is 4.41. The number of piperidine rings is 1. The van der Waals surface area contributed by atoms with E-state index >= 15 is 0 Å². The van der Waals surface area contributed by atoms with Gasteiger partial charge in [0.2, 0.25) is 5.95 Å². The van der Waals surface area contributed by atoms with Crippen molar-refractivity contribution in [2.45, 2.75) is 25.8 Å². The quantitative estimate of drug-likeness (QED) is 0.431. The number of ether oxygens (including phenoxy) is 1. The number of hydrogen-bond acceptors (Lipinski definition) is 6. The largest absolute Gasteiger partial charge is 0.494 e. The van der Waals surface area contributed by atoms with Gasteiger partial charge in [0.25, 0.3) is 0 Å². The van der Waals surface area contributed by atoms with Crippen molar-refractivity contribution in [1.29, 1.82) is 0 Å². The molecule has 0 unspecified atom stereocenters. The number of fused-ring (bicyclic) bond motifs is 1. The zero-order valence-electron chi connectivity index (χ0n) is 19.1. The van der Waals surface area contributed by atoms with Gasteiger partial charge in [-0.05, 0) is 61.2 Å². The number of benzene rings is 2. The van der Waals surface area contributed by atoms with Crippen LogP contribution in [0.3, 0.4) is 0 Å². The molecule has 2 aromatic carbocycles. The Morgan fingerprint density at radius 1 is 1.09 bits per heavy atom. The number of pyridine rings is 1. The summed E-state index contributed by atoms with van der Waals surface area (Å²) in [7, 11) is 1.52. The predicted molar refractivity (Wildman–Crippen MR) is 129 cm³/mol. The molecule has 0 atom stereocenters. The van der Waals surface area contributed by atoms with Crippen LogP contribution in [0.25, 0.3) is 22.0 Å². The number of methoxy groups -OCH3 is 1. The van der Waals surface area contributed by atoms with E-state index in [1.807, 2.05) is 12.3 Å². The molecule has 0 spiro atoms. The molecule has 1 aliphatic heterocycles. The van der Waals surface area contributed by atoms with Crippen LogP contribution in [-0.2, 0) is 0 Å². The molecule has 0 radical (unpaired) electrons. The second-order valence-corrected chi connectivity index (χ2v) is 8.48. The molecule has 5 rings (SSSR count). The Bertz CT molecular complexity index is 1320. The summed E-state index contributed by atoms with van der Waals surface area (Å²) >= 11 is 0. The second-order valence-electron chi connectivity index (χ2n) is 8.48. The number of nitrogens with zero attached hydrogens (tertiary/aromatic N) is 4. The van der Waals surface area contributed by atoms with Crippen molar-refractivity contribution in [2.75, 3.05) is 30.4 Å². The van der Waals surface area contributed by atoms with E-state index in [1.165, 1.54) is 19.2 Å². The van der Waals surface area contributed by atoms with E-state index in [1.54, 1.807) is 31.5 Å². The Morgan fingerprint density at radius 2 is 1.91 bits per heavy atom. The molecule has 174 valence electrons. The summed E-state index contributed by atoms with van der Waals surface area (Å²) in [6, 6.07) is 10.3. The summed E-state index contributed by atoms with van der Waals surface area (Å²) in [5.74, 6) is -0.268. The zero-order chi connectivity index (χ0) is 23.7. The topological polar surface area (TPSA) is 63.2 Å². The van der Waals surface area contributed by atoms with Crippen LogP contribution in [0.1, 0.15) is 18.4 Å². The Morgan fingerprint density at radius 3 is 2.65 bits per heavy atom. The van der Waals surface area contributed by atoms with Gasteiger partial charge in [-0.3, -0.25) is 4.98 Å². The van der Waals surface area contributed by atoms with Crippen molar-refractivity contribution >= 4 is 22.5 Å². The molecule has 1 aliphatic rings. The molecular weight excluding hydrogens is 436 g/mol. The lowest BCUT2D eigenvalue weighted by molar-refractivity contribution is 0.419. The minimum absolute atomic E-state index is 0.0808. The lowest BCUT2D eigenvalue weighted by atomic mass is 10.00. The minimum Gasteiger partial charge on any atom is -0.494 e. The number of rotatable bonds is 5. The molecule has 1 saturated heterocycles. The fourth-order valence-corrected chi connectivity index (χ4v) is 4.41. The van der Waals surface area contributed by atoms with E-state index in [4.69, 9.17) is 4.74 Å². The molecule has 0 amide bonds. The first kappa shape index (κ1) is 22.0. The van der Waals surface area contributed by atoms with Crippen LogP contribution in [0, 0.1) is 18.6 Å². The molecule has 0 aliphatic carbocycles. The highest BCUT2D eigenvalue weighted by atomic mass is 19.1. The van der Waals surface area contributed by atoms with Gasteiger partial charge in [0.15, 0.2) is 0 Å². The number of nitrogens with one attached hydrogen (secondary N) is 1. The Kier molecular flexibility index (Phi) is 5.96. The van der Waals surface area contributed by atoms with Crippen LogP contribution in [0.15, 0.2) is 55.0 Å². The molecule has 1 fully saturated rings. The smallest absolute Gasteiger partial charge is 0.223 e. The molecule has 0 bridgehead atoms. The molecule has 34 heavy (non-hydrogen) atoms. The van der Waals surface area contributed by atoms with E-state index < -0.39 is 11.6 Å². The lowest BCUT2D eigenvalue weighted by Gasteiger charge is -2.33. The molecule has 1 N–H and O–H groups in total. The van der Waals surface area contributed by atoms with E-state index in [0.717, 1.165) is 31.6 Å². The molecule has 8 heteroatoms. The van der Waals surface area contributed by atoms with E-state index in [2.05, 4.69) is 31.2 Å². The van der Waals surface area contributed by atoms with E-state index in [9.17, 15) is 8.78 Å². The Labute approximate surface area is 196 Å². The van der Waals surface area contributed by atoms with Crippen LogP contribution >= 0.6 is 0 Å². The third-order valence-corrected chi connectivity index (χ3v) is 6.28. The third kappa shape index (κ3) is 4.23. The van der Waals surface area contributed by atoms with Gasteiger partial charge in [-0.1, -0.05) is 6.07 Å². The molecule has 2 aromatic heterocycles. The van der Waals surface area contributed by atoms with Gasteiger partial charge in [-0.15, -0.1) is 0 Å². The summed E-state index contributed by atoms with van der Waals surface area (Å²) in [5, 5.41) is 4.07. The highest BCUT2D eigenvalue weighted by molar-refractivity contribution is 5.90. The first-order valence-electron chi connectivity index (χ1n) is 11.2. The predicted octanol–water partition coefficient (Wildman–Crippen LogP) is 5.37. The molecule has 0 saturated carbocycles. The average molecular weight is 462 g/mol. The highest BCUT2D eigenvalue weighted by Gasteiger charge is 2.21. The first-order valence-corrected chi connectivity index (χ1v) is 11.2. The van der Waals surface area contributed by atoms with Crippen LogP contribution in [0.5, 0.6) is 5.75 Å². The van der Waals surface area contributed by atoms with Crippen molar-refractivity contribution in [3.63, 3.8) is 0 Å². The number of anilines is 2. The number of aromatic nitrogens is 3. The summed E-state index contributed by atoms with van der Waals surface area (Å²) < 4.78 is 34.7. The number of aryl methyl sites for hydroxylation is 1. The van der Waals surface area contributed by atoms with Crippen molar-refractivity contribution in [1.82, 2.24) is 15.0 Å². The highest BCUT2D eigenvalue weighted by Crippen LogP contribution is 2.35. The molecule has 3 heterocycles. The Balaban J connectivity index is 1.38. The van der Waals surface area contributed by atoms with Gasteiger partial charge in [-0.25, -0.2) is 18.7 Å². The normalized spacial score (nSPS) is 14.4. The lowest BCUT2D eigenvalue weighted by Crippen LogP contribution is -2.39. The maximum Gasteiger partial charge on any atom is 0.223 e. The summed E-state index contributed by atoms with van der Waals surface area (Å²) in [5.41, 5.74) is 2.40. The second kappa shape index (κ2) is 9.21. The summed E-state index contributed by atoms with van der Waals surface area (Å²) in [6.45, 7) is 3.44. The average Bonchev–Trinajstić information content (AvgIpc) is 2.87. The van der Waals surface area contributed by atoms with Crippen molar-refractivity contribution in [2.24, 2.45) is 0 Å². The van der Waals surface area contributed by atoms with E-state index in [-0.39, 0.29) is 11.6 Å². The third-order valence-electron chi connectivity index (χ3n) is 6.28. The monoisotopic (exact) mass is 461 g/mol. The van der Waals surface area contributed by atoms with Gasteiger partial charge in [0.1, 0.15) is 22.9 Å². The Hall–Kier alpha value is -3.81. The van der Waals surface area contributed by atoms with Crippen molar-refractivity contribution in [3.8, 4) is 16.9 Å². The van der Waals surface area contributed by atoms with Crippen LogP contribution < -0.4 is 15.0 Å². The van der Waals surface area contributed by atoms with Gasteiger partial charge in [0.05, 0.1) is 24.6 Å². The standard InChI is InChI=1S/C26H25F2N5O/c1-16-5-6-21(27)23(24(16)28)17-12-18-14-30-26(32-25(18)22(13-17)34-2)31-19-7-10-33(11-8-19)20-4-3-9-29-15-20/h3-6,9,12-15,19H,7-8,10-11H2,1-2H3,(H,30,31,32). The van der Waals surface area contributed by atoms with Crippen LogP contribution in [0.2, 0.25) is 0 Å². The molecular formula is C26H25F2N5O. The number of halogens is 2. The number of hydrogen-bond donors (Lipinski definition) is 1. The van der Waals surface area contributed by atoms with Crippen LogP contribution in [0.4, 0.5) is 20.4 Å². The minimum atomic E-state index is -0.624. The van der Waals surface area contributed by atoms with E-state index in [0.29, 0.717) is 33.7 Å². The summed E-state index contributed by atoms with van der Waals surface area (Å²) in [4.78, 5) is 15.6. The van der Waals surface area contributed by atoms with Crippen molar-refractivity contribution in [3.05, 3.63) is 72.2 Å². The van der Waals surface area contributed by atoms with Crippen molar-refractivity contribution < 1.29 is 13.5 Å². The molecule has 6 nitrogen and oxygen atoms in total. The zero-order valence-corrected chi connectivity index (χ0v) is 19.1. The van der Waals surface area contributed by atoms with Gasteiger partial charge < -0.3 is 15.0 Å². The fraction of sp³-hybridized carbons (Fsp3) is 0.269. The summed E-state index contributed by atoms with van der Waals surface area (Å²) in [6.07, 6.45) is 7.21. The van der Waals surface area contributed by atoms with Gasteiger partial charge in [0, 0.05) is 36.9 Å². The maximum atomic E-state index is 14.7.